The van der Waals surface area contributed by atoms with E-state index in [1.807, 2.05) is 24.5 Å². The Hall–Kier alpha value is -2.28. The van der Waals surface area contributed by atoms with E-state index in [1.165, 1.54) is 18.7 Å². The zero-order valence-corrected chi connectivity index (χ0v) is 15.5. The third-order valence-electron chi connectivity index (χ3n) is 4.17. The molecule has 0 aromatic carbocycles. The van der Waals surface area contributed by atoms with E-state index < -0.39 is 0 Å². The van der Waals surface area contributed by atoms with Gasteiger partial charge >= 0.3 is 0 Å². The average molecular weight is 357 g/mol. The van der Waals surface area contributed by atoms with Crippen LogP contribution in [0.3, 0.4) is 0 Å². The van der Waals surface area contributed by atoms with E-state index in [0.29, 0.717) is 11.8 Å². The van der Waals surface area contributed by atoms with Gasteiger partial charge in [0.15, 0.2) is 0 Å². The first-order valence-electron chi connectivity index (χ1n) is 8.31. The second kappa shape index (κ2) is 8.20. The summed E-state index contributed by atoms with van der Waals surface area (Å²) in [7, 11) is 1.61. The van der Waals surface area contributed by atoms with Crippen LogP contribution in [0.15, 0.2) is 28.7 Å². The van der Waals surface area contributed by atoms with Crippen LogP contribution >= 0.6 is 11.8 Å². The van der Waals surface area contributed by atoms with Gasteiger partial charge in [-0.1, -0.05) is 0 Å². The van der Waals surface area contributed by atoms with Gasteiger partial charge in [-0.3, -0.25) is 4.99 Å². The standard InChI is InChI=1S/C18H23N5OS/c1-13-18(23-9-5-4-6-16(23)22-13)15(19-2)11-25-12-21-14-7-8-17(24-3)20-10-14/h7-8,10-11,21H,2,4-6,9,12H2,1,3H3/b15-11-. The number of anilines is 1. The van der Waals surface area contributed by atoms with Crippen LogP contribution < -0.4 is 10.1 Å². The number of ether oxygens (including phenoxy) is 1. The zero-order valence-electron chi connectivity index (χ0n) is 14.7. The van der Waals surface area contributed by atoms with Crippen molar-refractivity contribution in [2.45, 2.75) is 32.7 Å². The van der Waals surface area contributed by atoms with E-state index in [1.54, 1.807) is 25.1 Å². The quantitative estimate of drug-likeness (QED) is 0.465. The molecule has 0 saturated heterocycles. The first-order chi connectivity index (χ1) is 12.2. The van der Waals surface area contributed by atoms with E-state index >= 15 is 0 Å². The van der Waals surface area contributed by atoms with E-state index in [0.717, 1.165) is 35.7 Å². The number of thioether (sulfide) groups is 1. The van der Waals surface area contributed by atoms with Crippen LogP contribution in [0.4, 0.5) is 5.69 Å². The van der Waals surface area contributed by atoms with Gasteiger partial charge in [0.05, 0.1) is 42.0 Å². The monoisotopic (exact) mass is 357 g/mol. The van der Waals surface area contributed by atoms with Crippen LogP contribution in [0.5, 0.6) is 5.88 Å². The number of pyridine rings is 1. The van der Waals surface area contributed by atoms with Crippen LogP contribution in [0.1, 0.15) is 30.1 Å². The van der Waals surface area contributed by atoms with E-state index in [4.69, 9.17) is 9.72 Å². The number of aryl methyl sites for hydroxylation is 2. The fraction of sp³-hybridized carbons (Fsp3) is 0.389. The molecule has 25 heavy (non-hydrogen) atoms. The molecule has 0 saturated carbocycles. The van der Waals surface area contributed by atoms with Crippen LogP contribution in [-0.2, 0) is 13.0 Å². The Morgan fingerprint density at radius 2 is 2.36 bits per heavy atom. The Balaban J connectivity index is 1.65. The van der Waals surface area contributed by atoms with Gasteiger partial charge in [-0.05, 0) is 32.5 Å². The van der Waals surface area contributed by atoms with Crippen LogP contribution in [0, 0.1) is 6.92 Å². The maximum atomic E-state index is 5.06. The van der Waals surface area contributed by atoms with Crippen LogP contribution in [-0.4, -0.2) is 34.2 Å². The molecule has 0 amide bonds. The van der Waals surface area contributed by atoms with Crippen LogP contribution in [0.2, 0.25) is 0 Å². The Bertz CT molecular complexity index is 767. The van der Waals surface area contributed by atoms with Crippen molar-refractivity contribution in [2.24, 2.45) is 4.99 Å². The van der Waals surface area contributed by atoms with Crippen LogP contribution in [0.25, 0.3) is 5.70 Å². The molecule has 3 heterocycles. The number of rotatable bonds is 7. The molecule has 2 aromatic heterocycles. The normalized spacial score (nSPS) is 14.1. The molecule has 0 unspecified atom stereocenters. The highest BCUT2D eigenvalue weighted by Crippen LogP contribution is 2.27. The van der Waals surface area contributed by atoms with Gasteiger partial charge in [0, 0.05) is 24.4 Å². The average Bonchev–Trinajstić information content (AvgIpc) is 2.98. The Morgan fingerprint density at radius 3 is 3.08 bits per heavy atom. The summed E-state index contributed by atoms with van der Waals surface area (Å²) in [5, 5.41) is 5.36. The highest BCUT2D eigenvalue weighted by Gasteiger charge is 2.19. The second-order valence-electron chi connectivity index (χ2n) is 5.81. The molecule has 0 spiro atoms. The highest BCUT2D eigenvalue weighted by atomic mass is 32.2. The third-order valence-corrected chi connectivity index (χ3v) is 4.87. The first kappa shape index (κ1) is 17.5. The maximum Gasteiger partial charge on any atom is 0.213 e. The van der Waals surface area contributed by atoms with Crippen molar-refractivity contribution >= 4 is 29.9 Å². The van der Waals surface area contributed by atoms with Crippen molar-refractivity contribution in [1.29, 1.82) is 0 Å². The molecule has 0 aliphatic carbocycles. The fourth-order valence-corrected chi connectivity index (χ4v) is 3.64. The Kier molecular flexibility index (Phi) is 5.75. The zero-order chi connectivity index (χ0) is 17.6. The minimum Gasteiger partial charge on any atom is -0.481 e. The summed E-state index contributed by atoms with van der Waals surface area (Å²) in [4.78, 5) is 13.1. The molecule has 132 valence electrons. The molecule has 1 aliphatic rings. The number of methoxy groups -OCH3 is 1. The van der Waals surface area contributed by atoms with Crippen molar-refractivity contribution in [2.75, 3.05) is 18.3 Å². The van der Waals surface area contributed by atoms with Gasteiger partial charge < -0.3 is 14.6 Å². The fourth-order valence-electron chi connectivity index (χ4n) is 2.96. The molecule has 1 N–H and O–H groups in total. The summed E-state index contributed by atoms with van der Waals surface area (Å²) in [6.07, 6.45) is 5.21. The summed E-state index contributed by atoms with van der Waals surface area (Å²) in [5.41, 5.74) is 3.97. The lowest BCUT2D eigenvalue weighted by molar-refractivity contribution is 0.398. The number of aliphatic imine (C=N–C) groups is 1. The van der Waals surface area contributed by atoms with Gasteiger partial charge in [0.25, 0.3) is 0 Å². The molecule has 6 nitrogen and oxygen atoms in total. The minimum atomic E-state index is 0.609. The largest absolute Gasteiger partial charge is 0.481 e. The number of imidazole rings is 1. The summed E-state index contributed by atoms with van der Waals surface area (Å²) in [6, 6.07) is 3.78. The van der Waals surface area contributed by atoms with Crippen molar-refractivity contribution in [3.05, 3.63) is 40.9 Å². The number of fused-ring (bicyclic) bond motifs is 1. The SMILES string of the molecule is C=N/C(=C\SCNc1ccc(OC)nc1)c1c(C)nc2n1CCCC2. The second-order valence-corrected chi connectivity index (χ2v) is 6.67. The number of hydrogen-bond acceptors (Lipinski definition) is 6. The van der Waals surface area contributed by atoms with Gasteiger partial charge in [-0.15, -0.1) is 11.8 Å². The predicted molar refractivity (Wildman–Crippen MR) is 104 cm³/mol. The number of hydrogen-bond donors (Lipinski definition) is 1. The maximum absolute atomic E-state index is 5.06. The highest BCUT2D eigenvalue weighted by molar-refractivity contribution is 8.02. The number of nitrogens with one attached hydrogen (secondary N) is 1. The summed E-state index contributed by atoms with van der Waals surface area (Å²) in [6.45, 7) is 6.81. The third kappa shape index (κ3) is 4.04. The number of nitrogens with zero attached hydrogens (tertiary/aromatic N) is 4. The molecule has 0 bridgehead atoms. The summed E-state index contributed by atoms with van der Waals surface area (Å²) < 4.78 is 7.35. The van der Waals surface area contributed by atoms with E-state index in [2.05, 4.69) is 26.6 Å². The Morgan fingerprint density at radius 1 is 1.48 bits per heavy atom. The predicted octanol–water partition coefficient (Wildman–Crippen LogP) is 3.73. The summed E-state index contributed by atoms with van der Waals surface area (Å²) in [5.74, 6) is 2.49. The summed E-state index contributed by atoms with van der Waals surface area (Å²) >= 11 is 1.64. The molecule has 7 heteroatoms. The molecule has 0 fully saturated rings. The molecule has 3 rings (SSSR count). The van der Waals surface area contributed by atoms with Crippen molar-refractivity contribution in [3.8, 4) is 5.88 Å². The lowest BCUT2D eigenvalue weighted by Gasteiger charge is -2.16. The topological polar surface area (TPSA) is 64.3 Å². The van der Waals surface area contributed by atoms with Gasteiger partial charge in [0.1, 0.15) is 5.82 Å². The van der Waals surface area contributed by atoms with Gasteiger partial charge in [0.2, 0.25) is 5.88 Å². The lowest BCUT2D eigenvalue weighted by Crippen LogP contribution is -2.12. The molecule has 2 aromatic rings. The van der Waals surface area contributed by atoms with Crippen molar-refractivity contribution in [3.63, 3.8) is 0 Å². The van der Waals surface area contributed by atoms with Gasteiger partial charge in [-0.25, -0.2) is 9.97 Å². The molecular formula is C18H23N5OS. The lowest BCUT2D eigenvalue weighted by atomic mass is 10.1. The minimum absolute atomic E-state index is 0.609. The molecular weight excluding hydrogens is 334 g/mol. The first-order valence-corrected chi connectivity index (χ1v) is 9.36. The Labute approximate surface area is 152 Å². The van der Waals surface area contributed by atoms with Crippen molar-refractivity contribution < 1.29 is 4.74 Å². The molecule has 1 aliphatic heterocycles. The number of aromatic nitrogens is 3. The molecule has 0 atom stereocenters. The van der Waals surface area contributed by atoms with E-state index in [9.17, 15) is 0 Å². The molecule has 0 radical (unpaired) electrons. The van der Waals surface area contributed by atoms with Crippen molar-refractivity contribution in [1.82, 2.24) is 14.5 Å². The van der Waals surface area contributed by atoms with Gasteiger partial charge in [-0.2, -0.15) is 0 Å². The van der Waals surface area contributed by atoms with E-state index in [-0.39, 0.29) is 0 Å². The smallest absolute Gasteiger partial charge is 0.213 e.